The second kappa shape index (κ2) is 8.62. The highest BCUT2D eigenvalue weighted by Crippen LogP contribution is 2.31. The second-order valence-electron chi connectivity index (χ2n) is 5.57. The molecule has 0 amide bonds. The van der Waals surface area contributed by atoms with E-state index in [0.717, 1.165) is 11.6 Å². The highest BCUT2D eigenvalue weighted by Gasteiger charge is 2.26. The number of ether oxygens (including phenoxy) is 1. The smallest absolute Gasteiger partial charge is 0.312 e. The molecule has 0 aliphatic heterocycles. The summed E-state index contributed by atoms with van der Waals surface area (Å²) in [6, 6.07) is 12.2. The van der Waals surface area contributed by atoms with E-state index in [9.17, 15) is 18.5 Å². The number of sulfonamides is 1. The van der Waals surface area contributed by atoms with Gasteiger partial charge in [-0.1, -0.05) is 26.0 Å². The Bertz CT molecular complexity index is 961. The van der Waals surface area contributed by atoms with Crippen LogP contribution in [0.5, 0.6) is 5.75 Å². The van der Waals surface area contributed by atoms with Gasteiger partial charge in [-0.25, -0.2) is 8.42 Å². The number of rotatable bonds is 8. The van der Waals surface area contributed by atoms with E-state index in [1.165, 1.54) is 16.4 Å². The van der Waals surface area contributed by atoms with Crippen molar-refractivity contribution in [1.29, 1.82) is 5.26 Å². The van der Waals surface area contributed by atoms with Crippen molar-refractivity contribution in [3.8, 4) is 11.8 Å². The number of benzene rings is 2. The van der Waals surface area contributed by atoms with Crippen LogP contribution in [0.3, 0.4) is 0 Å². The number of hydrogen-bond acceptors (Lipinski definition) is 6. The van der Waals surface area contributed by atoms with Crippen LogP contribution in [-0.4, -0.2) is 30.7 Å². The van der Waals surface area contributed by atoms with E-state index >= 15 is 0 Å². The molecule has 2 aromatic rings. The van der Waals surface area contributed by atoms with E-state index in [1.807, 2.05) is 6.07 Å². The molecule has 0 heterocycles. The normalized spacial score (nSPS) is 11.2. The third-order valence-corrected chi connectivity index (χ3v) is 5.99. The Morgan fingerprint density at radius 2 is 1.78 bits per heavy atom. The average Bonchev–Trinajstić information content (AvgIpc) is 2.67. The first-order valence-electron chi connectivity index (χ1n) is 8.23. The highest BCUT2D eigenvalue weighted by molar-refractivity contribution is 7.89. The van der Waals surface area contributed by atoms with Gasteiger partial charge in [0, 0.05) is 19.2 Å². The van der Waals surface area contributed by atoms with Crippen LogP contribution in [0, 0.1) is 21.4 Å². The molecule has 0 atom stereocenters. The minimum atomic E-state index is -3.81. The van der Waals surface area contributed by atoms with Crippen molar-refractivity contribution in [1.82, 2.24) is 4.31 Å². The fourth-order valence-corrected chi connectivity index (χ4v) is 3.95. The van der Waals surface area contributed by atoms with Crippen LogP contribution in [0.1, 0.15) is 25.0 Å². The summed E-state index contributed by atoms with van der Waals surface area (Å²) in [5.41, 5.74) is 0.802. The van der Waals surface area contributed by atoms with Crippen LogP contribution >= 0.6 is 0 Å². The summed E-state index contributed by atoms with van der Waals surface area (Å²) in [6.45, 7) is 3.98. The summed E-state index contributed by atoms with van der Waals surface area (Å²) in [5.74, 6) is -0.0251. The summed E-state index contributed by atoms with van der Waals surface area (Å²) >= 11 is 0. The van der Waals surface area contributed by atoms with Crippen molar-refractivity contribution in [3.05, 3.63) is 63.7 Å². The SMILES string of the molecule is CCN(CC)S(=O)(=O)c1ccc(OCc2ccc(C#N)cc2)c([N+](=O)[O-])c1. The zero-order valence-electron chi connectivity index (χ0n) is 15.0. The molecule has 2 aromatic carbocycles. The summed E-state index contributed by atoms with van der Waals surface area (Å²) in [5, 5.41) is 20.2. The summed E-state index contributed by atoms with van der Waals surface area (Å²) < 4.78 is 31.8. The van der Waals surface area contributed by atoms with E-state index in [0.29, 0.717) is 5.56 Å². The third-order valence-electron chi connectivity index (χ3n) is 3.95. The van der Waals surface area contributed by atoms with Gasteiger partial charge in [-0.05, 0) is 29.8 Å². The van der Waals surface area contributed by atoms with E-state index < -0.39 is 20.6 Å². The van der Waals surface area contributed by atoms with Crippen molar-refractivity contribution >= 4 is 15.7 Å². The largest absolute Gasteiger partial charge is 0.482 e. The molecule has 27 heavy (non-hydrogen) atoms. The number of nitro groups is 1. The maximum Gasteiger partial charge on any atom is 0.312 e. The maximum atomic E-state index is 12.6. The maximum absolute atomic E-state index is 12.6. The van der Waals surface area contributed by atoms with Crippen molar-refractivity contribution in [2.75, 3.05) is 13.1 Å². The predicted molar refractivity (Wildman–Crippen MR) is 98.7 cm³/mol. The molecule has 0 fully saturated rings. The Balaban J connectivity index is 2.30. The van der Waals surface area contributed by atoms with Crippen LogP contribution in [-0.2, 0) is 16.6 Å². The van der Waals surface area contributed by atoms with E-state index in [1.54, 1.807) is 38.1 Å². The first-order valence-corrected chi connectivity index (χ1v) is 9.67. The third kappa shape index (κ3) is 4.61. The predicted octanol–water partition coefficient (Wildman–Crippen LogP) is 3.08. The standard InChI is InChI=1S/C18H19N3O5S/c1-3-20(4-2)27(24,25)16-9-10-18(17(11-16)21(22)23)26-13-15-7-5-14(12-19)6-8-15/h5-11H,3-4,13H2,1-2H3. The molecule has 2 rings (SSSR count). The Hall–Kier alpha value is -2.96. The minimum absolute atomic E-state index is 0.0251. The second-order valence-corrected chi connectivity index (χ2v) is 7.51. The summed E-state index contributed by atoms with van der Waals surface area (Å²) in [7, 11) is -3.81. The Morgan fingerprint density at radius 1 is 1.15 bits per heavy atom. The molecule has 9 heteroatoms. The van der Waals surface area contributed by atoms with Crippen molar-refractivity contribution < 1.29 is 18.1 Å². The zero-order valence-corrected chi connectivity index (χ0v) is 15.8. The lowest BCUT2D eigenvalue weighted by Gasteiger charge is -2.18. The molecule has 8 nitrogen and oxygen atoms in total. The molecule has 0 radical (unpaired) electrons. The van der Waals surface area contributed by atoms with Gasteiger partial charge in [-0.3, -0.25) is 10.1 Å². The zero-order chi connectivity index (χ0) is 20.0. The van der Waals surface area contributed by atoms with Crippen molar-refractivity contribution in [3.63, 3.8) is 0 Å². The van der Waals surface area contributed by atoms with Gasteiger partial charge >= 0.3 is 5.69 Å². The van der Waals surface area contributed by atoms with Crippen LogP contribution in [0.2, 0.25) is 0 Å². The van der Waals surface area contributed by atoms with Crippen LogP contribution in [0.4, 0.5) is 5.69 Å². The fraction of sp³-hybridized carbons (Fsp3) is 0.278. The number of nitro benzene ring substituents is 1. The van der Waals surface area contributed by atoms with Gasteiger partial charge < -0.3 is 4.74 Å². The average molecular weight is 389 g/mol. The van der Waals surface area contributed by atoms with E-state index in [-0.39, 0.29) is 30.3 Å². The Labute approximate surface area is 157 Å². The van der Waals surface area contributed by atoms with E-state index in [2.05, 4.69) is 0 Å². The van der Waals surface area contributed by atoms with Crippen LogP contribution < -0.4 is 4.74 Å². The fourth-order valence-electron chi connectivity index (χ4n) is 2.47. The van der Waals surface area contributed by atoms with Gasteiger partial charge in [-0.2, -0.15) is 9.57 Å². The van der Waals surface area contributed by atoms with Crippen molar-refractivity contribution in [2.24, 2.45) is 0 Å². The number of hydrogen-bond donors (Lipinski definition) is 0. The van der Waals surface area contributed by atoms with Gasteiger partial charge in [-0.15, -0.1) is 0 Å². The minimum Gasteiger partial charge on any atom is -0.482 e. The quantitative estimate of drug-likeness (QED) is 0.506. The van der Waals surface area contributed by atoms with E-state index in [4.69, 9.17) is 10.00 Å². The van der Waals surface area contributed by atoms with Crippen LogP contribution in [0.25, 0.3) is 0 Å². The summed E-state index contributed by atoms with van der Waals surface area (Å²) in [4.78, 5) is 10.6. The van der Waals surface area contributed by atoms with Gasteiger partial charge in [0.05, 0.1) is 21.5 Å². The lowest BCUT2D eigenvalue weighted by Crippen LogP contribution is -2.30. The Kier molecular flexibility index (Phi) is 6.50. The molecular weight excluding hydrogens is 370 g/mol. The topological polar surface area (TPSA) is 114 Å². The Morgan fingerprint density at radius 3 is 2.30 bits per heavy atom. The molecule has 0 saturated carbocycles. The molecule has 0 aliphatic rings. The number of nitrogens with zero attached hydrogens (tertiary/aromatic N) is 3. The molecule has 0 saturated heterocycles. The lowest BCUT2D eigenvalue weighted by atomic mass is 10.1. The molecule has 142 valence electrons. The molecule has 0 bridgehead atoms. The van der Waals surface area contributed by atoms with Crippen LogP contribution in [0.15, 0.2) is 47.4 Å². The molecule has 0 N–H and O–H groups in total. The lowest BCUT2D eigenvalue weighted by molar-refractivity contribution is -0.386. The molecular formula is C18H19N3O5S. The number of nitriles is 1. The molecule has 0 aromatic heterocycles. The van der Waals surface area contributed by atoms with Crippen molar-refractivity contribution in [2.45, 2.75) is 25.3 Å². The van der Waals surface area contributed by atoms with Gasteiger partial charge in [0.15, 0.2) is 5.75 Å². The molecule has 0 aliphatic carbocycles. The van der Waals surface area contributed by atoms with Gasteiger partial charge in [0.25, 0.3) is 0 Å². The van der Waals surface area contributed by atoms with Gasteiger partial charge in [0.1, 0.15) is 6.61 Å². The first-order chi connectivity index (χ1) is 12.8. The molecule has 0 unspecified atom stereocenters. The van der Waals surface area contributed by atoms with Gasteiger partial charge in [0.2, 0.25) is 10.0 Å². The monoisotopic (exact) mass is 389 g/mol. The molecule has 0 spiro atoms. The summed E-state index contributed by atoms with van der Waals surface area (Å²) in [6.07, 6.45) is 0. The highest BCUT2D eigenvalue weighted by atomic mass is 32.2. The first kappa shape index (κ1) is 20.4.